The van der Waals surface area contributed by atoms with E-state index in [-0.39, 0.29) is 0 Å². The van der Waals surface area contributed by atoms with Crippen LogP contribution in [0.25, 0.3) is 0 Å². The zero-order valence-corrected chi connectivity index (χ0v) is 8.80. The third kappa shape index (κ3) is 1.99. The Morgan fingerprint density at radius 2 is 1.92 bits per heavy atom. The Hall–Kier alpha value is -0.0800. The lowest BCUT2D eigenvalue weighted by atomic mass is 9.78. The summed E-state index contributed by atoms with van der Waals surface area (Å²) in [6.07, 6.45) is 2.44. The van der Waals surface area contributed by atoms with Gasteiger partial charge in [0.25, 0.3) is 0 Å². The van der Waals surface area contributed by atoms with Crippen molar-refractivity contribution < 1.29 is 0 Å². The second kappa shape index (κ2) is 3.35. The number of hydrogen-bond acceptors (Lipinski definition) is 2. The maximum absolute atomic E-state index is 6.11. The predicted octanol–water partition coefficient (Wildman–Crippen LogP) is 1.45. The van der Waals surface area contributed by atoms with E-state index in [9.17, 15) is 0 Å². The van der Waals surface area contributed by atoms with Crippen LogP contribution in [-0.2, 0) is 0 Å². The molecule has 2 heteroatoms. The largest absolute Gasteiger partial charge is 0.326 e. The lowest BCUT2D eigenvalue weighted by Gasteiger charge is -2.45. The SMILES string of the molecule is CN1CCC[C@@H](N)C1C(C)(C)C. The van der Waals surface area contributed by atoms with Crippen LogP contribution < -0.4 is 5.73 Å². The Bertz CT molecular complexity index is 138. The fraction of sp³-hybridized carbons (Fsp3) is 1.00. The molecule has 0 aromatic heterocycles. The Morgan fingerprint density at radius 1 is 1.33 bits per heavy atom. The van der Waals surface area contributed by atoms with Gasteiger partial charge in [-0.3, -0.25) is 0 Å². The minimum atomic E-state index is 0.314. The third-order valence-corrected chi connectivity index (χ3v) is 2.82. The van der Waals surface area contributed by atoms with Gasteiger partial charge in [-0.05, 0) is 31.8 Å². The number of hydrogen-bond donors (Lipinski definition) is 1. The zero-order chi connectivity index (χ0) is 9.35. The number of rotatable bonds is 0. The Labute approximate surface area is 76.1 Å². The van der Waals surface area contributed by atoms with E-state index < -0.39 is 0 Å². The molecule has 1 aliphatic heterocycles. The summed E-state index contributed by atoms with van der Waals surface area (Å²) >= 11 is 0. The number of nitrogens with two attached hydrogens (primary N) is 1. The van der Waals surface area contributed by atoms with Gasteiger partial charge in [-0.25, -0.2) is 0 Å². The highest BCUT2D eigenvalue weighted by Crippen LogP contribution is 2.29. The summed E-state index contributed by atoms with van der Waals surface area (Å²) in [7, 11) is 2.19. The van der Waals surface area contributed by atoms with Gasteiger partial charge in [0.1, 0.15) is 0 Å². The van der Waals surface area contributed by atoms with Crippen molar-refractivity contribution in [1.29, 1.82) is 0 Å². The van der Waals surface area contributed by atoms with E-state index in [1.165, 1.54) is 19.4 Å². The maximum atomic E-state index is 6.11. The van der Waals surface area contributed by atoms with Crippen LogP contribution in [0, 0.1) is 5.41 Å². The van der Waals surface area contributed by atoms with E-state index in [1.54, 1.807) is 0 Å². The highest BCUT2D eigenvalue weighted by Gasteiger charge is 2.35. The summed E-state index contributed by atoms with van der Waals surface area (Å²) in [6, 6.07) is 0.912. The molecule has 1 fully saturated rings. The van der Waals surface area contributed by atoms with E-state index in [0.717, 1.165) is 0 Å². The summed E-state index contributed by atoms with van der Waals surface area (Å²) < 4.78 is 0. The average molecular weight is 170 g/mol. The molecule has 2 N–H and O–H groups in total. The smallest absolute Gasteiger partial charge is 0.0292 e. The molecule has 2 atom stereocenters. The highest BCUT2D eigenvalue weighted by molar-refractivity contribution is 4.92. The molecule has 1 aliphatic rings. The molecule has 1 rings (SSSR count). The maximum Gasteiger partial charge on any atom is 0.0292 e. The Morgan fingerprint density at radius 3 is 2.25 bits per heavy atom. The molecule has 0 aromatic rings. The molecule has 1 heterocycles. The van der Waals surface area contributed by atoms with Gasteiger partial charge in [-0.15, -0.1) is 0 Å². The minimum Gasteiger partial charge on any atom is -0.326 e. The van der Waals surface area contributed by atoms with Crippen molar-refractivity contribution in [2.24, 2.45) is 11.1 Å². The quantitative estimate of drug-likeness (QED) is 0.596. The lowest BCUT2D eigenvalue weighted by molar-refractivity contribution is 0.0701. The Balaban J connectivity index is 2.69. The summed E-state index contributed by atoms with van der Waals surface area (Å²) in [4.78, 5) is 2.41. The number of likely N-dealkylation sites (tertiary alicyclic amines) is 1. The molecule has 0 aliphatic carbocycles. The Kier molecular flexibility index (Phi) is 2.79. The first-order valence-electron chi connectivity index (χ1n) is 4.89. The molecule has 1 saturated heterocycles. The van der Waals surface area contributed by atoms with Gasteiger partial charge in [0.2, 0.25) is 0 Å². The number of nitrogens with zero attached hydrogens (tertiary/aromatic N) is 1. The second-order valence-electron chi connectivity index (χ2n) is 5.10. The molecule has 12 heavy (non-hydrogen) atoms. The van der Waals surface area contributed by atoms with Crippen molar-refractivity contribution in [3.05, 3.63) is 0 Å². The van der Waals surface area contributed by atoms with Crippen LogP contribution in [0.1, 0.15) is 33.6 Å². The first-order chi connectivity index (χ1) is 5.43. The summed E-state index contributed by atoms with van der Waals surface area (Å²) in [5.41, 5.74) is 6.43. The number of likely N-dealkylation sites (N-methyl/N-ethyl adjacent to an activating group) is 1. The van der Waals surface area contributed by atoms with Gasteiger partial charge in [-0.2, -0.15) is 0 Å². The van der Waals surface area contributed by atoms with Crippen LogP contribution in [0.3, 0.4) is 0 Å². The van der Waals surface area contributed by atoms with Gasteiger partial charge < -0.3 is 10.6 Å². The summed E-state index contributed by atoms with van der Waals surface area (Å²) in [5.74, 6) is 0. The van der Waals surface area contributed by atoms with Crippen molar-refractivity contribution in [2.45, 2.75) is 45.7 Å². The van der Waals surface area contributed by atoms with E-state index >= 15 is 0 Å². The molecular weight excluding hydrogens is 148 g/mol. The standard InChI is InChI=1S/C10H22N2/c1-10(2,3)9-8(11)6-5-7-12(9)4/h8-9H,5-7,11H2,1-4H3/t8-,9?/m1/s1. The van der Waals surface area contributed by atoms with Crippen LogP contribution in [0.5, 0.6) is 0 Å². The second-order valence-corrected chi connectivity index (χ2v) is 5.10. The third-order valence-electron chi connectivity index (χ3n) is 2.82. The highest BCUT2D eigenvalue weighted by atomic mass is 15.2. The molecule has 1 unspecified atom stereocenters. The van der Waals surface area contributed by atoms with Gasteiger partial charge in [-0.1, -0.05) is 20.8 Å². The fourth-order valence-corrected chi connectivity index (χ4v) is 2.50. The monoisotopic (exact) mass is 170 g/mol. The van der Waals surface area contributed by atoms with Crippen molar-refractivity contribution >= 4 is 0 Å². The molecule has 2 nitrogen and oxygen atoms in total. The fourth-order valence-electron chi connectivity index (χ4n) is 2.50. The van der Waals surface area contributed by atoms with Crippen molar-refractivity contribution in [2.75, 3.05) is 13.6 Å². The van der Waals surface area contributed by atoms with Crippen molar-refractivity contribution in [3.63, 3.8) is 0 Å². The zero-order valence-electron chi connectivity index (χ0n) is 8.80. The first kappa shape index (κ1) is 10.0. The first-order valence-corrected chi connectivity index (χ1v) is 4.89. The van der Waals surface area contributed by atoms with Gasteiger partial charge in [0.05, 0.1) is 0 Å². The van der Waals surface area contributed by atoms with Crippen LogP contribution >= 0.6 is 0 Å². The van der Waals surface area contributed by atoms with Crippen LogP contribution in [0.4, 0.5) is 0 Å². The molecule has 0 spiro atoms. The van der Waals surface area contributed by atoms with Crippen LogP contribution in [0.2, 0.25) is 0 Å². The van der Waals surface area contributed by atoms with Gasteiger partial charge in [0, 0.05) is 12.1 Å². The average Bonchev–Trinajstić information content (AvgIpc) is 1.82. The van der Waals surface area contributed by atoms with Crippen LogP contribution in [-0.4, -0.2) is 30.6 Å². The van der Waals surface area contributed by atoms with E-state index in [2.05, 4.69) is 32.7 Å². The molecule has 0 radical (unpaired) electrons. The van der Waals surface area contributed by atoms with E-state index in [1.807, 2.05) is 0 Å². The van der Waals surface area contributed by atoms with E-state index in [0.29, 0.717) is 17.5 Å². The van der Waals surface area contributed by atoms with Crippen molar-refractivity contribution in [3.8, 4) is 0 Å². The molecular formula is C10H22N2. The summed E-state index contributed by atoms with van der Waals surface area (Å²) in [5, 5.41) is 0. The number of piperidine rings is 1. The molecule has 0 amide bonds. The van der Waals surface area contributed by atoms with E-state index in [4.69, 9.17) is 5.73 Å². The molecule has 0 saturated carbocycles. The molecule has 0 bridgehead atoms. The van der Waals surface area contributed by atoms with Crippen LogP contribution in [0.15, 0.2) is 0 Å². The van der Waals surface area contributed by atoms with Crippen molar-refractivity contribution in [1.82, 2.24) is 4.90 Å². The van der Waals surface area contributed by atoms with Gasteiger partial charge in [0.15, 0.2) is 0 Å². The topological polar surface area (TPSA) is 29.3 Å². The summed E-state index contributed by atoms with van der Waals surface area (Å²) in [6.45, 7) is 8.04. The predicted molar refractivity (Wildman–Crippen MR) is 53.1 cm³/mol. The molecule has 72 valence electrons. The minimum absolute atomic E-state index is 0.314. The normalized spacial score (nSPS) is 33.8. The molecule has 0 aromatic carbocycles. The lowest BCUT2D eigenvalue weighted by Crippen LogP contribution is -2.56. The van der Waals surface area contributed by atoms with Gasteiger partial charge >= 0.3 is 0 Å².